The molecule has 1 aromatic heterocycles. The van der Waals surface area contributed by atoms with Gasteiger partial charge in [-0.1, -0.05) is 0 Å². The van der Waals surface area contributed by atoms with Crippen LogP contribution in [0.1, 0.15) is 10.4 Å². The Labute approximate surface area is 138 Å². The highest BCUT2D eigenvalue weighted by molar-refractivity contribution is 5.88. The van der Waals surface area contributed by atoms with Crippen molar-refractivity contribution in [1.82, 2.24) is 10.2 Å². The Hall–Kier alpha value is -3.36. The van der Waals surface area contributed by atoms with Crippen LogP contribution >= 0.6 is 0 Å². The number of hydrogen-bond acceptors (Lipinski definition) is 5. The predicted molar refractivity (Wildman–Crippen MR) is 78.8 cm³/mol. The Bertz CT molecular complexity index is 887. The van der Waals surface area contributed by atoms with E-state index in [0.717, 1.165) is 12.1 Å². The number of ether oxygens (including phenoxy) is 1. The molecule has 6 nitrogen and oxygen atoms in total. The van der Waals surface area contributed by atoms with Crippen molar-refractivity contribution in [2.75, 3.05) is 0 Å². The van der Waals surface area contributed by atoms with E-state index in [1.807, 2.05) is 0 Å². The molecule has 0 radical (unpaired) electrons. The number of alkyl halides is 3. The molecule has 0 unspecified atom stereocenters. The van der Waals surface area contributed by atoms with Crippen molar-refractivity contribution in [2.45, 2.75) is 6.36 Å². The van der Waals surface area contributed by atoms with Gasteiger partial charge in [-0.3, -0.25) is 0 Å². The summed E-state index contributed by atoms with van der Waals surface area (Å²) in [6, 6.07) is 10.8. The van der Waals surface area contributed by atoms with Gasteiger partial charge in [-0.05, 0) is 48.5 Å². The maximum atomic E-state index is 12.1. The second kappa shape index (κ2) is 6.27. The lowest BCUT2D eigenvalue weighted by Gasteiger charge is -2.08. The zero-order chi connectivity index (χ0) is 18.0. The van der Waals surface area contributed by atoms with Gasteiger partial charge in [0.1, 0.15) is 5.75 Å². The van der Waals surface area contributed by atoms with Gasteiger partial charge >= 0.3 is 12.3 Å². The maximum absolute atomic E-state index is 12.1. The lowest BCUT2D eigenvalue weighted by Crippen LogP contribution is -2.16. The molecule has 0 saturated heterocycles. The molecule has 0 aliphatic rings. The molecule has 0 saturated carbocycles. The van der Waals surface area contributed by atoms with Gasteiger partial charge in [0.05, 0.1) is 5.56 Å². The first-order valence-corrected chi connectivity index (χ1v) is 6.85. The second-order valence-corrected chi connectivity index (χ2v) is 4.87. The first-order chi connectivity index (χ1) is 11.8. The molecule has 1 heterocycles. The fourth-order valence-electron chi connectivity index (χ4n) is 2.01. The topological polar surface area (TPSA) is 85.5 Å². The summed E-state index contributed by atoms with van der Waals surface area (Å²) in [5.41, 5.74) is 1.04. The zero-order valence-electron chi connectivity index (χ0n) is 12.3. The van der Waals surface area contributed by atoms with Crippen LogP contribution in [0.3, 0.4) is 0 Å². The highest BCUT2D eigenvalue weighted by atomic mass is 19.4. The predicted octanol–water partition coefficient (Wildman–Crippen LogP) is 4.00. The normalized spacial score (nSPS) is 11.3. The number of hydrogen-bond donors (Lipinski definition) is 1. The van der Waals surface area contributed by atoms with E-state index in [1.165, 1.54) is 36.4 Å². The van der Waals surface area contributed by atoms with E-state index >= 15 is 0 Å². The number of aromatic nitrogens is 2. The van der Waals surface area contributed by atoms with Gasteiger partial charge in [-0.15, -0.1) is 23.4 Å². The van der Waals surface area contributed by atoms with Crippen molar-refractivity contribution in [2.24, 2.45) is 0 Å². The fraction of sp³-hybridized carbons (Fsp3) is 0.0625. The Balaban J connectivity index is 1.80. The van der Waals surface area contributed by atoms with Gasteiger partial charge in [0, 0.05) is 11.1 Å². The highest BCUT2D eigenvalue weighted by Crippen LogP contribution is 2.27. The third-order valence-electron chi connectivity index (χ3n) is 3.14. The van der Waals surface area contributed by atoms with Crippen molar-refractivity contribution in [1.29, 1.82) is 0 Å². The average Bonchev–Trinajstić information content (AvgIpc) is 3.04. The molecule has 0 fully saturated rings. The average molecular weight is 350 g/mol. The van der Waals surface area contributed by atoms with Crippen LogP contribution in [-0.4, -0.2) is 27.6 Å². The molecule has 3 rings (SSSR count). The van der Waals surface area contributed by atoms with Gasteiger partial charge < -0.3 is 14.3 Å². The van der Waals surface area contributed by atoms with Crippen LogP contribution in [0.2, 0.25) is 0 Å². The lowest BCUT2D eigenvalue weighted by atomic mass is 10.1. The standard InChI is InChI=1S/C16H9F3N2O4/c17-16(18,19)25-12-7-5-10(6-8-12)14-21-20-13(24-14)9-1-3-11(4-2-9)15(22)23/h1-8H,(H,22,23). The monoisotopic (exact) mass is 350 g/mol. The number of carboxylic acid groups (broad SMARTS) is 1. The number of benzene rings is 2. The number of nitrogens with zero attached hydrogens (tertiary/aromatic N) is 2. The summed E-state index contributed by atoms with van der Waals surface area (Å²) in [6.07, 6.45) is -4.76. The summed E-state index contributed by atoms with van der Waals surface area (Å²) in [4.78, 5) is 10.8. The quantitative estimate of drug-likeness (QED) is 0.765. The summed E-state index contributed by atoms with van der Waals surface area (Å²) in [5.74, 6) is -1.15. The smallest absolute Gasteiger partial charge is 0.478 e. The van der Waals surface area contributed by atoms with Crippen molar-refractivity contribution in [3.8, 4) is 28.7 Å². The Morgan fingerprint density at radius 2 is 1.40 bits per heavy atom. The van der Waals surface area contributed by atoms with Crippen LogP contribution in [0.4, 0.5) is 13.2 Å². The number of aromatic carboxylic acids is 1. The molecule has 0 bridgehead atoms. The molecule has 0 spiro atoms. The minimum atomic E-state index is -4.76. The molecular weight excluding hydrogens is 341 g/mol. The molecule has 0 atom stereocenters. The summed E-state index contributed by atoms with van der Waals surface area (Å²) in [7, 11) is 0. The molecule has 0 amide bonds. The van der Waals surface area contributed by atoms with Crippen LogP contribution in [-0.2, 0) is 0 Å². The first-order valence-electron chi connectivity index (χ1n) is 6.85. The summed E-state index contributed by atoms with van der Waals surface area (Å²) in [6.45, 7) is 0. The van der Waals surface area contributed by atoms with E-state index in [4.69, 9.17) is 9.52 Å². The van der Waals surface area contributed by atoms with Crippen molar-refractivity contribution >= 4 is 5.97 Å². The molecular formula is C16H9F3N2O4. The van der Waals surface area contributed by atoms with Gasteiger partial charge in [-0.25, -0.2) is 4.79 Å². The number of carboxylic acids is 1. The Morgan fingerprint density at radius 1 is 0.920 bits per heavy atom. The maximum Gasteiger partial charge on any atom is 0.573 e. The van der Waals surface area contributed by atoms with E-state index in [-0.39, 0.29) is 23.1 Å². The van der Waals surface area contributed by atoms with E-state index < -0.39 is 12.3 Å². The van der Waals surface area contributed by atoms with Crippen LogP contribution in [0.5, 0.6) is 5.75 Å². The minimum absolute atomic E-state index is 0.107. The van der Waals surface area contributed by atoms with Gasteiger partial charge in [0.15, 0.2) is 0 Å². The van der Waals surface area contributed by atoms with Crippen LogP contribution in [0, 0.1) is 0 Å². The largest absolute Gasteiger partial charge is 0.573 e. The molecule has 9 heteroatoms. The van der Waals surface area contributed by atoms with Crippen molar-refractivity contribution in [3.05, 3.63) is 54.1 Å². The highest BCUT2D eigenvalue weighted by Gasteiger charge is 2.31. The number of halogens is 3. The lowest BCUT2D eigenvalue weighted by molar-refractivity contribution is -0.274. The van der Waals surface area contributed by atoms with Gasteiger partial charge in [0.2, 0.25) is 11.8 Å². The SMILES string of the molecule is O=C(O)c1ccc(-c2nnc(-c3ccc(OC(F)(F)F)cc3)o2)cc1. The molecule has 0 aliphatic heterocycles. The molecule has 1 N–H and O–H groups in total. The van der Waals surface area contributed by atoms with E-state index in [9.17, 15) is 18.0 Å². The van der Waals surface area contributed by atoms with E-state index in [0.29, 0.717) is 11.1 Å². The fourth-order valence-corrected chi connectivity index (χ4v) is 2.01. The molecule has 25 heavy (non-hydrogen) atoms. The van der Waals surface area contributed by atoms with E-state index in [2.05, 4.69) is 14.9 Å². The minimum Gasteiger partial charge on any atom is -0.478 e. The second-order valence-electron chi connectivity index (χ2n) is 4.87. The summed E-state index contributed by atoms with van der Waals surface area (Å²) >= 11 is 0. The molecule has 128 valence electrons. The van der Waals surface area contributed by atoms with Crippen molar-refractivity contribution in [3.63, 3.8) is 0 Å². The summed E-state index contributed by atoms with van der Waals surface area (Å²) < 4.78 is 45.7. The van der Waals surface area contributed by atoms with E-state index in [1.54, 1.807) is 0 Å². The molecule has 2 aromatic carbocycles. The first kappa shape index (κ1) is 16.5. The third-order valence-corrected chi connectivity index (χ3v) is 3.14. The van der Waals surface area contributed by atoms with Crippen LogP contribution in [0.15, 0.2) is 52.9 Å². The zero-order valence-corrected chi connectivity index (χ0v) is 12.3. The van der Waals surface area contributed by atoms with Crippen LogP contribution < -0.4 is 4.74 Å². The summed E-state index contributed by atoms with van der Waals surface area (Å²) in [5, 5.41) is 16.5. The Kier molecular flexibility index (Phi) is 4.14. The van der Waals surface area contributed by atoms with Crippen molar-refractivity contribution < 1.29 is 32.2 Å². The van der Waals surface area contributed by atoms with Gasteiger partial charge in [0.25, 0.3) is 0 Å². The molecule has 0 aliphatic carbocycles. The number of rotatable bonds is 4. The van der Waals surface area contributed by atoms with Gasteiger partial charge in [-0.2, -0.15) is 0 Å². The molecule has 3 aromatic rings. The Morgan fingerprint density at radius 3 is 1.84 bits per heavy atom. The number of carbonyl (C=O) groups is 1. The van der Waals surface area contributed by atoms with Crippen LogP contribution in [0.25, 0.3) is 22.9 Å². The third kappa shape index (κ3) is 3.94.